The molecule has 2 heterocycles. The van der Waals surface area contributed by atoms with Gasteiger partial charge in [0.2, 0.25) is 11.7 Å². The van der Waals surface area contributed by atoms with Crippen LogP contribution in [0.1, 0.15) is 30.5 Å². The molecule has 148 valence electrons. The van der Waals surface area contributed by atoms with Gasteiger partial charge in [0.05, 0.1) is 24.5 Å². The quantitative estimate of drug-likeness (QED) is 0.587. The van der Waals surface area contributed by atoms with Crippen molar-refractivity contribution in [3.63, 3.8) is 0 Å². The molecule has 0 bridgehead atoms. The Balaban J connectivity index is 1.54. The van der Waals surface area contributed by atoms with Gasteiger partial charge in [-0.25, -0.2) is 4.79 Å². The molecule has 2 aromatic rings. The second-order valence-corrected chi connectivity index (χ2v) is 7.57. The minimum atomic E-state index is -0.756. The summed E-state index contributed by atoms with van der Waals surface area (Å²) in [6.07, 6.45) is 0.231. The van der Waals surface area contributed by atoms with E-state index in [1.165, 1.54) is 17.4 Å². The van der Waals surface area contributed by atoms with Crippen molar-refractivity contribution in [1.82, 2.24) is 4.90 Å². The molecule has 0 spiro atoms. The largest absolute Gasteiger partial charge is 0.507 e. The molecule has 0 saturated carbocycles. The first kappa shape index (κ1) is 20.0. The van der Waals surface area contributed by atoms with Crippen LogP contribution in [0, 0.1) is 6.92 Å². The number of ether oxygens (including phenoxy) is 2. The first-order chi connectivity index (χ1) is 13.5. The zero-order chi connectivity index (χ0) is 20.1. The molecular weight excluding hydrogens is 382 g/mol. The first-order valence-corrected chi connectivity index (χ1v) is 9.70. The maximum absolute atomic E-state index is 12.3. The minimum Gasteiger partial charge on any atom is -0.507 e. The van der Waals surface area contributed by atoms with E-state index in [2.05, 4.69) is 0 Å². The zero-order valence-electron chi connectivity index (χ0n) is 15.5. The molecule has 0 atom stereocenters. The predicted molar refractivity (Wildman–Crippen MR) is 103 cm³/mol. The number of aryl methyl sites for hydroxylation is 1. The van der Waals surface area contributed by atoms with E-state index in [1.54, 1.807) is 36.1 Å². The van der Waals surface area contributed by atoms with Gasteiger partial charge in [-0.1, -0.05) is 12.1 Å². The van der Waals surface area contributed by atoms with Crippen molar-refractivity contribution < 1.29 is 29.0 Å². The summed E-state index contributed by atoms with van der Waals surface area (Å²) in [7, 11) is 0. The summed E-state index contributed by atoms with van der Waals surface area (Å²) in [5.41, 5.74) is 0.574. The van der Waals surface area contributed by atoms with Crippen molar-refractivity contribution in [2.24, 2.45) is 0 Å². The van der Waals surface area contributed by atoms with Gasteiger partial charge in [-0.3, -0.25) is 9.59 Å². The van der Waals surface area contributed by atoms with Gasteiger partial charge < -0.3 is 19.5 Å². The second kappa shape index (κ2) is 8.99. The van der Waals surface area contributed by atoms with E-state index in [-0.39, 0.29) is 29.4 Å². The van der Waals surface area contributed by atoms with Gasteiger partial charge in [0.25, 0.3) is 0 Å². The van der Waals surface area contributed by atoms with E-state index in [1.807, 2.05) is 0 Å². The fourth-order valence-electron chi connectivity index (χ4n) is 2.80. The van der Waals surface area contributed by atoms with Gasteiger partial charge in [0.15, 0.2) is 6.61 Å². The van der Waals surface area contributed by atoms with Crippen LogP contribution in [0.4, 0.5) is 0 Å². The third kappa shape index (κ3) is 4.76. The maximum Gasteiger partial charge on any atom is 0.342 e. The van der Waals surface area contributed by atoms with E-state index >= 15 is 0 Å². The molecule has 1 aromatic carbocycles. The van der Waals surface area contributed by atoms with Gasteiger partial charge in [-0.05, 0) is 30.7 Å². The number of phenolic OH excluding ortho intramolecular Hbond substituents is 1. The summed E-state index contributed by atoms with van der Waals surface area (Å²) in [6.45, 7) is 3.49. The summed E-state index contributed by atoms with van der Waals surface area (Å²) in [4.78, 5) is 39.6. The third-order valence-electron chi connectivity index (χ3n) is 4.42. The number of aromatic hydroxyl groups is 1. The standard InChI is InChI=1S/C20H21NO6S/c1-13-3-2-4-15(19(13)24)20(25)27-12-16(22)17-6-5-14(28-17)11-18(23)21-7-9-26-10-8-21/h2-6,24H,7-12H2,1H3. The Kier molecular flexibility index (Phi) is 6.43. The molecule has 1 aromatic heterocycles. The number of carbonyl (C=O) groups excluding carboxylic acids is 3. The fraction of sp³-hybridized carbons (Fsp3) is 0.350. The SMILES string of the molecule is Cc1cccc(C(=O)OCC(=O)c2ccc(CC(=O)N3CCOCC3)s2)c1O. The van der Waals surface area contributed by atoms with Gasteiger partial charge >= 0.3 is 5.97 Å². The lowest BCUT2D eigenvalue weighted by Crippen LogP contribution is -2.41. The molecule has 1 N–H and O–H groups in total. The van der Waals surface area contributed by atoms with Crippen molar-refractivity contribution >= 4 is 29.0 Å². The number of hydrogen-bond donors (Lipinski definition) is 1. The zero-order valence-corrected chi connectivity index (χ0v) is 16.3. The lowest BCUT2D eigenvalue weighted by atomic mass is 10.1. The van der Waals surface area contributed by atoms with Gasteiger partial charge in [-0.15, -0.1) is 11.3 Å². The van der Waals surface area contributed by atoms with E-state index in [9.17, 15) is 19.5 Å². The number of esters is 1. The van der Waals surface area contributed by atoms with Crippen LogP contribution in [-0.2, 0) is 20.7 Å². The lowest BCUT2D eigenvalue weighted by Gasteiger charge is -2.26. The monoisotopic (exact) mass is 403 g/mol. The van der Waals surface area contributed by atoms with E-state index in [0.29, 0.717) is 36.7 Å². The molecule has 0 radical (unpaired) electrons. The molecule has 1 aliphatic heterocycles. The number of phenols is 1. The molecule has 7 nitrogen and oxygen atoms in total. The number of amides is 1. The van der Waals surface area contributed by atoms with Gasteiger partial charge in [0.1, 0.15) is 11.3 Å². The molecule has 8 heteroatoms. The molecule has 1 amide bonds. The summed E-state index contributed by atoms with van der Waals surface area (Å²) in [5, 5.41) is 9.92. The Morgan fingerprint density at radius 2 is 1.93 bits per heavy atom. The van der Waals surface area contributed by atoms with Crippen LogP contribution in [0.15, 0.2) is 30.3 Å². The molecule has 28 heavy (non-hydrogen) atoms. The van der Waals surface area contributed by atoms with Crippen LogP contribution >= 0.6 is 11.3 Å². The van der Waals surface area contributed by atoms with Crippen molar-refractivity contribution in [1.29, 1.82) is 0 Å². The van der Waals surface area contributed by atoms with E-state index in [0.717, 1.165) is 4.88 Å². The van der Waals surface area contributed by atoms with Crippen LogP contribution in [-0.4, -0.2) is 60.6 Å². The second-order valence-electron chi connectivity index (χ2n) is 6.41. The van der Waals surface area contributed by atoms with Crippen molar-refractivity contribution in [3.8, 4) is 5.75 Å². The van der Waals surface area contributed by atoms with Crippen LogP contribution in [0.3, 0.4) is 0 Å². The van der Waals surface area contributed by atoms with Gasteiger partial charge in [0, 0.05) is 18.0 Å². The molecule has 0 unspecified atom stereocenters. The normalized spacial score (nSPS) is 14.0. The van der Waals surface area contributed by atoms with Crippen LogP contribution in [0.5, 0.6) is 5.75 Å². The van der Waals surface area contributed by atoms with Crippen molar-refractivity contribution in [3.05, 3.63) is 51.2 Å². The number of nitrogens with zero attached hydrogens (tertiary/aromatic N) is 1. The fourth-order valence-corrected chi connectivity index (χ4v) is 3.72. The Morgan fingerprint density at radius 1 is 1.18 bits per heavy atom. The van der Waals surface area contributed by atoms with Crippen LogP contribution in [0.25, 0.3) is 0 Å². The van der Waals surface area contributed by atoms with Crippen molar-refractivity contribution in [2.45, 2.75) is 13.3 Å². The number of para-hydroxylation sites is 1. The highest BCUT2D eigenvalue weighted by atomic mass is 32.1. The van der Waals surface area contributed by atoms with Crippen LogP contribution < -0.4 is 0 Å². The lowest BCUT2D eigenvalue weighted by molar-refractivity contribution is -0.134. The number of rotatable bonds is 6. The van der Waals surface area contributed by atoms with E-state index < -0.39 is 12.6 Å². The number of Topliss-reactive ketones (excluding diaryl/α,β-unsaturated/α-hetero) is 1. The average molecular weight is 403 g/mol. The molecule has 1 saturated heterocycles. The summed E-state index contributed by atoms with van der Waals surface area (Å²) >= 11 is 1.22. The molecule has 1 aliphatic rings. The number of ketones is 1. The molecule has 1 fully saturated rings. The Bertz CT molecular complexity index is 885. The smallest absolute Gasteiger partial charge is 0.342 e. The molecular formula is C20H21NO6S. The highest BCUT2D eigenvalue weighted by Gasteiger charge is 2.20. The highest BCUT2D eigenvalue weighted by molar-refractivity contribution is 7.14. The summed E-state index contributed by atoms with van der Waals surface area (Å²) in [6, 6.07) is 8.11. The first-order valence-electron chi connectivity index (χ1n) is 8.89. The number of morpholine rings is 1. The maximum atomic E-state index is 12.3. The number of hydrogen-bond acceptors (Lipinski definition) is 7. The minimum absolute atomic E-state index is 0.00509. The number of carbonyl (C=O) groups is 3. The highest BCUT2D eigenvalue weighted by Crippen LogP contribution is 2.23. The molecule has 0 aliphatic carbocycles. The number of thiophene rings is 1. The third-order valence-corrected chi connectivity index (χ3v) is 5.54. The summed E-state index contributed by atoms with van der Waals surface area (Å²) in [5.74, 6) is -1.25. The van der Waals surface area contributed by atoms with E-state index in [4.69, 9.17) is 9.47 Å². The average Bonchev–Trinajstić information content (AvgIpc) is 3.17. The summed E-state index contributed by atoms with van der Waals surface area (Å²) < 4.78 is 10.3. The Labute approximate surface area is 166 Å². The molecule has 3 rings (SSSR count). The topological polar surface area (TPSA) is 93.1 Å². The van der Waals surface area contributed by atoms with Gasteiger partial charge in [-0.2, -0.15) is 0 Å². The Morgan fingerprint density at radius 3 is 2.68 bits per heavy atom. The Hall–Kier alpha value is -2.71. The predicted octanol–water partition coefficient (Wildman–Crippen LogP) is 2.20. The number of benzene rings is 1. The van der Waals surface area contributed by atoms with Crippen molar-refractivity contribution in [2.75, 3.05) is 32.9 Å². The van der Waals surface area contributed by atoms with Crippen LogP contribution in [0.2, 0.25) is 0 Å².